The highest BCUT2D eigenvalue weighted by Crippen LogP contribution is 2.05. The highest BCUT2D eigenvalue weighted by Gasteiger charge is 2.03. The maximum Gasteiger partial charge on any atom is 0.143 e. The van der Waals surface area contributed by atoms with Gasteiger partial charge in [-0.05, 0) is 25.2 Å². The molecular weight excluding hydrogens is 150 g/mol. The number of ether oxygens (including phenoxy) is 1. The largest absolute Gasteiger partial charge is 0.363 e. The summed E-state index contributed by atoms with van der Waals surface area (Å²) in [6.45, 7) is 7.09. The first-order valence-electron chi connectivity index (χ1n) is 4.71. The summed E-state index contributed by atoms with van der Waals surface area (Å²) in [6, 6.07) is 2.12. The van der Waals surface area contributed by atoms with E-state index in [1.54, 1.807) is 0 Å². The molecule has 0 aromatic carbocycles. The molecule has 0 saturated heterocycles. The minimum Gasteiger partial charge on any atom is -0.363 e. The van der Waals surface area contributed by atoms with Crippen molar-refractivity contribution in [2.45, 2.75) is 46.1 Å². The molecule has 0 aliphatic heterocycles. The minimum atomic E-state index is -0.197. The van der Waals surface area contributed by atoms with Crippen molar-refractivity contribution in [1.82, 2.24) is 0 Å². The van der Waals surface area contributed by atoms with Gasteiger partial charge in [0.25, 0.3) is 0 Å². The van der Waals surface area contributed by atoms with Crippen LogP contribution < -0.4 is 0 Å². The molecule has 0 fully saturated rings. The lowest BCUT2D eigenvalue weighted by atomic mass is 10.1. The normalized spacial score (nSPS) is 12.9. The Kier molecular flexibility index (Phi) is 6.79. The van der Waals surface area contributed by atoms with E-state index < -0.39 is 0 Å². The van der Waals surface area contributed by atoms with E-state index in [4.69, 9.17) is 10.00 Å². The van der Waals surface area contributed by atoms with E-state index >= 15 is 0 Å². The predicted molar refractivity (Wildman–Crippen MR) is 49.7 cm³/mol. The maximum atomic E-state index is 8.56. The molecule has 1 unspecified atom stereocenters. The zero-order valence-corrected chi connectivity index (χ0v) is 8.34. The first kappa shape index (κ1) is 11.4. The molecule has 0 aromatic heterocycles. The summed E-state index contributed by atoms with van der Waals surface area (Å²) < 4.78 is 5.33. The minimum absolute atomic E-state index is 0.197. The van der Waals surface area contributed by atoms with E-state index in [9.17, 15) is 0 Å². The summed E-state index contributed by atoms with van der Waals surface area (Å²) in [6.07, 6.45) is 2.84. The first-order chi connectivity index (χ1) is 5.70. The number of rotatable bonds is 6. The molecule has 0 heterocycles. The average Bonchev–Trinajstić information content (AvgIpc) is 2.04. The number of nitriles is 1. The molecule has 0 aliphatic carbocycles. The molecule has 0 aromatic rings. The fourth-order valence-electron chi connectivity index (χ4n) is 0.964. The van der Waals surface area contributed by atoms with E-state index in [0.717, 1.165) is 25.4 Å². The van der Waals surface area contributed by atoms with Crippen molar-refractivity contribution >= 4 is 0 Å². The van der Waals surface area contributed by atoms with Crippen LogP contribution in [0.2, 0.25) is 0 Å². The Hall–Kier alpha value is -0.550. The van der Waals surface area contributed by atoms with Gasteiger partial charge in [-0.2, -0.15) is 5.26 Å². The van der Waals surface area contributed by atoms with Crippen LogP contribution in [0, 0.1) is 17.2 Å². The van der Waals surface area contributed by atoms with Gasteiger partial charge in [0.1, 0.15) is 6.10 Å². The Morgan fingerprint density at radius 2 is 2.08 bits per heavy atom. The molecule has 1 atom stereocenters. The van der Waals surface area contributed by atoms with Gasteiger partial charge >= 0.3 is 0 Å². The van der Waals surface area contributed by atoms with E-state index in [0.29, 0.717) is 0 Å². The van der Waals surface area contributed by atoms with Crippen LogP contribution in [-0.4, -0.2) is 12.7 Å². The molecule has 0 bridgehead atoms. The molecule has 0 amide bonds. The van der Waals surface area contributed by atoms with Gasteiger partial charge < -0.3 is 4.74 Å². The van der Waals surface area contributed by atoms with Gasteiger partial charge in [-0.15, -0.1) is 0 Å². The van der Waals surface area contributed by atoms with Crippen LogP contribution in [0.3, 0.4) is 0 Å². The zero-order valence-electron chi connectivity index (χ0n) is 8.34. The van der Waals surface area contributed by atoms with Crippen molar-refractivity contribution in [3.8, 4) is 6.07 Å². The fraction of sp³-hybridized carbons (Fsp3) is 0.900. The SMILES string of the molecule is CCC(C#N)OCCCC(C)C. The Balaban J connectivity index is 3.25. The lowest BCUT2D eigenvalue weighted by Gasteiger charge is -2.08. The summed E-state index contributed by atoms with van der Waals surface area (Å²) in [7, 11) is 0. The predicted octanol–water partition coefficient (Wildman–Crippen LogP) is 2.74. The Bertz CT molecular complexity index is 137. The highest BCUT2D eigenvalue weighted by molar-refractivity contribution is 4.82. The molecule has 2 heteroatoms. The van der Waals surface area contributed by atoms with Crippen LogP contribution in [0.25, 0.3) is 0 Å². The van der Waals surface area contributed by atoms with Gasteiger partial charge in [0.05, 0.1) is 6.07 Å². The van der Waals surface area contributed by atoms with Crippen LogP contribution in [0.1, 0.15) is 40.0 Å². The van der Waals surface area contributed by atoms with Gasteiger partial charge in [0, 0.05) is 6.61 Å². The Labute approximate surface area is 75.5 Å². The maximum absolute atomic E-state index is 8.56. The topological polar surface area (TPSA) is 33.0 Å². The summed E-state index contributed by atoms with van der Waals surface area (Å²) in [5, 5.41) is 8.56. The van der Waals surface area contributed by atoms with E-state index in [1.807, 2.05) is 6.92 Å². The average molecular weight is 169 g/mol. The number of hydrogen-bond donors (Lipinski definition) is 0. The van der Waals surface area contributed by atoms with Crippen LogP contribution in [0.4, 0.5) is 0 Å². The van der Waals surface area contributed by atoms with Gasteiger partial charge in [0.2, 0.25) is 0 Å². The van der Waals surface area contributed by atoms with E-state index in [1.165, 1.54) is 6.42 Å². The quantitative estimate of drug-likeness (QED) is 0.573. The van der Waals surface area contributed by atoms with Gasteiger partial charge in [-0.25, -0.2) is 0 Å². The van der Waals surface area contributed by atoms with Crippen LogP contribution in [-0.2, 0) is 4.74 Å². The Morgan fingerprint density at radius 1 is 1.42 bits per heavy atom. The van der Waals surface area contributed by atoms with Crippen LogP contribution in [0.15, 0.2) is 0 Å². The highest BCUT2D eigenvalue weighted by atomic mass is 16.5. The second kappa shape index (κ2) is 7.12. The molecule has 0 N–H and O–H groups in total. The van der Waals surface area contributed by atoms with Crippen molar-refractivity contribution in [1.29, 1.82) is 5.26 Å². The van der Waals surface area contributed by atoms with E-state index in [2.05, 4.69) is 19.9 Å². The molecule has 0 radical (unpaired) electrons. The second-order valence-electron chi connectivity index (χ2n) is 3.43. The molecule has 2 nitrogen and oxygen atoms in total. The summed E-state index contributed by atoms with van der Waals surface area (Å²) in [5.74, 6) is 0.732. The second-order valence-corrected chi connectivity index (χ2v) is 3.43. The van der Waals surface area contributed by atoms with Crippen LogP contribution >= 0.6 is 0 Å². The van der Waals surface area contributed by atoms with Gasteiger partial charge in [0.15, 0.2) is 0 Å². The van der Waals surface area contributed by atoms with Crippen molar-refractivity contribution in [2.24, 2.45) is 5.92 Å². The first-order valence-corrected chi connectivity index (χ1v) is 4.71. The summed E-state index contributed by atoms with van der Waals surface area (Å²) in [5.41, 5.74) is 0. The summed E-state index contributed by atoms with van der Waals surface area (Å²) in [4.78, 5) is 0. The van der Waals surface area contributed by atoms with Crippen molar-refractivity contribution in [2.75, 3.05) is 6.61 Å². The van der Waals surface area contributed by atoms with Crippen molar-refractivity contribution < 1.29 is 4.74 Å². The third kappa shape index (κ3) is 6.18. The number of hydrogen-bond acceptors (Lipinski definition) is 2. The smallest absolute Gasteiger partial charge is 0.143 e. The molecule has 12 heavy (non-hydrogen) atoms. The standard InChI is InChI=1S/C10H19NO/c1-4-10(8-11)12-7-5-6-9(2)3/h9-10H,4-7H2,1-3H3. The fourth-order valence-corrected chi connectivity index (χ4v) is 0.964. The van der Waals surface area contributed by atoms with Crippen molar-refractivity contribution in [3.05, 3.63) is 0 Å². The molecule has 0 aliphatic rings. The summed E-state index contributed by atoms with van der Waals surface area (Å²) >= 11 is 0. The Morgan fingerprint density at radius 3 is 2.50 bits per heavy atom. The zero-order chi connectivity index (χ0) is 9.40. The lowest BCUT2D eigenvalue weighted by molar-refractivity contribution is 0.0828. The van der Waals surface area contributed by atoms with Gasteiger partial charge in [-0.3, -0.25) is 0 Å². The third-order valence-corrected chi connectivity index (χ3v) is 1.76. The van der Waals surface area contributed by atoms with E-state index in [-0.39, 0.29) is 6.10 Å². The molecule has 0 saturated carbocycles. The molecular formula is C10H19NO. The molecule has 0 rings (SSSR count). The number of nitrogens with zero attached hydrogens (tertiary/aromatic N) is 1. The molecule has 0 spiro atoms. The lowest BCUT2D eigenvalue weighted by Crippen LogP contribution is -2.10. The molecule has 70 valence electrons. The van der Waals surface area contributed by atoms with Gasteiger partial charge in [-0.1, -0.05) is 20.8 Å². The van der Waals surface area contributed by atoms with Crippen molar-refractivity contribution in [3.63, 3.8) is 0 Å². The van der Waals surface area contributed by atoms with Crippen LogP contribution in [0.5, 0.6) is 0 Å². The monoisotopic (exact) mass is 169 g/mol. The third-order valence-electron chi connectivity index (χ3n) is 1.76.